The summed E-state index contributed by atoms with van der Waals surface area (Å²) in [4.78, 5) is 17.3. The average molecular weight is 481 g/mol. The van der Waals surface area contributed by atoms with Gasteiger partial charge < -0.3 is 24.6 Å². The molecule has 0 spiro atoms. The van der Waals surface area contributed by atoms with Gasteiger partial charge in [0, 0.05) is 0 Å². The number of carbonyl (C=O) groups excluding carboxylic acids is 1. The fourth-order valence-corrected chi connectivity index (χ4v) is 3.98. The van der Waals surface area contributed by atoms with E-state index < -0.39 is 0 Å². The van der Waals surface area contributed by atoms with Crippen molar-refractivity contribution in [3.8, 4) is 23.0 Å². The van der Waals surface area contributed by atoms with Gasteiger partial charge in [-0.3, -0.25) is 4.79 Å². The van der Waals surface area contributed by atoms with E-state index in [4.69, 9.17) is 14.2 Å². The predicted octanol–water partition coefficient (Wildman–Crippen LogP) is 5.02. The third kappa shape index (κ3) is 5.49. The van der Waals surface area contributed by atoms with Crippen LogP contribution in [0.5, 0.6) is 23.0 Å². The maximum Gasteiger partial charge on any atom is 0.264 e. The van der Waals surface area contributed by atoms with Crippen LogP contribution in [0.2, 0.25) is 0 Å². The maximum absolute atomic E-state index is 13.1. The number of thioether (sulfide) groups is 1. The van der Waals surface area contributed by atoms with E-state index in [0.717, 1.165) is 5.56 Å². The number of carbonyl (C=O) groups is 1. The molecule has 3 aromatic rings. The van der Waals surface area contributed by atoms with E-state index in [1.165, 1.54) is 50.2 Å². The molecule has 2 N–H and O–H groups in total. The molecule has 1 aliphatic rings. The summed E-state index contributed by atoms with van der Waals surface area (Å²) in [6.45, 7) is 0.197. The first-order chi connectivity index (χ1) is 16.4. The molecule has 1 heterocycles. The Hall–Kier alpha value is -3.98. The van der Waals surface area contributed by atoms with Crippen LogP contribution >= 0.6 is 11.8 Å². The molecule has 174 valence electrons. The number of amides is 1. The van der Waals surface area contributed by atoms with Crippen molar-refractivity contribution in [2.75, 3.05) is 14.2 Å². The van der Waals surface area contributed by atoms with Gasteiger partial charge in [-0.2, -0.15) is 0 Å². The number of phenols is 1. The zero-order chi connectivity index (χ0) is 24.1. The molecule has 0 unspecified atom stereocenters. The summed E-state index contributed by atoms with van der Waals surface area (Å²) < 4.78 is 30.0. The fraction of sp³-hybridized carbons (Fsp3) is 0.120. The van der Waals surface area contributed by atoms with Gasteiger partial charge in [0.05, 0.1) is 24.8 Å². The van der Waals surface area contributed by atoms with E-state index in [1.807, 2.05) is 0 Å². The minimum Gasteiger partial charge on any atom is -0.508 e. The third-order valence-corrected chi connectivity index (χ3v) is 5.72. The topological polar surface area (TPSA) is 89.4 Å². The zero-order valence-corrected chi connectivity index (χ0v) is 19.2. The van der Waals surface area contributed by atoms with Gasteiger partial charge in [-0.15, -0.1) is 0 Å². The number of aromatic hydroxyl groups is 1. The summed E-state index contributed by atoms with van der Waals surface area (Å²) >= 11 is 1.20. The number of nitrogens with one attached hydrogen (secondary N) is 1. The lowest BCUT2D eigenvalue weighted by Gasteiger charge is -2.15. The second-order valence-corrected chi connectivity index (χ2v) is 8.20. The van der Waals surface area contributed by atoms with Gasteiger partial charge in [0.15, 0.2) is 16.7 Å². The summed E-state index contributed by atoms with van der Waals surface area (Å²) in [5.74, 6) is 0.790. The van der Waals surface area contributed by atoms with Crippen molar-refractivity contribution in [3.05, 3.63) is 82.5 Å². The Morgan fingerprint density at radius 3 is 2.29 bits per heavy atom. The van der Waals surface area contributed by atoms with Gasteiger partial charge in [-0.05, 0) is 77.5 Å². The highest BCUT2D eigenvalue weighted by molar-refractivity contribution is 8.18. The number of phenolic OH excluding ortho intramolecular Hbond substituents is 1. The second-order valence-electron chi connectivity index (χ2n) is 7.17. The van der Waals surface area contributed by atoms with Gasteiger partial charge >= 0.3 is 0 Å². The van der Waals surface area contributed by atoms with Crippen LogP contribution in [0.15, 0.2) is 70.6 Å². The van der Waals surface area contributed by atoms with Crippen molar-refractivity contribution in [3.63, 3.8) is 0 Å². The van der Waals surface area contributed by atoms with Crippen molar-refractivity contribution in [2.45, 2.75) is 6.61 Å². The first-order valence-corrected chi connectivity index (χ1v) is 11.0. The van der Waals surface area contributed by atoms with Crippen molar-refractivity contribution in [2.24, 2.45) is 4.99 Å². The first-order valence-electron chi connectivity index (χ1n) is 10.2. The van der Waals surface area contributed by atoms with Crippen molar-refractivity contribution >= 4 is 34.6 Å². The van der Waals surface area contributed by atoms with Gasteiger partial charge in [0.2, 0.25) is 5.75 Å². The molecular weight excluding hydrogens is 459 g/mol. The van der Waals surface area contributed by atoms with Crippen LogP contribution < -0.4 is 19.5 Å². The summed E-state index contributed by atoms with van der Waals surface area (Å²) in [7, 11) is 3.02. The quantitative estimate of drug-likeness (QED) is 0.462. The number of ether oxygens (including phenoxy) is 3. The van der Waals surface area contributed by atoms with E-state index in [0.29, 0.717) is 38.6 Å². The predicted molar refractivity (Wildman–Crippen MR) is 129 cm³/mol. The number of benzene rings is 3. The summed E-state index contributed by atoms with van der Waals surface area (Å²) in [5, 5.41) is 12.6. The van der Waals surface area contributed by atoms with Crippen LogP contribution in [0.1, 0.15) is 11.1 Å². The van der Waals surface area contributed by atoms with E-state index >= 15 is 0 Å². The molecule has 0 atom stereocenters. The molecule has 3 aromatic carbocycles. The molecule has 0 saturated carbocycles. The highest BCUT2D eigenvalue weighted by Crippen LogP contribution is 2.40. The number of aliphatic imine (C=N–C) groups is 1. The van der Waals surface area contributed by atoms with Crippen molar-refractivity contribution in [1.29, 1.82) is 0 Å². The number of hydrogen-bond donors (Lipinski definition) is 2. The second kappa shape index (κ2) is 10.3. The van der Waals surface area contributed by atoms with Gasteiger partial charge in [0.1, 0.15) is 18.2 Å². The lowest BCUT2D eigenvalue weighted by molar-refractivity contribution is -0.115. The molecule has 1 amide bonds. The van der Waals surface area contributed by atoms with Crippen molar-refractivity contribution in [1.82, 2.24) is 5.32 Å². The molecule has 1 aliphatic heterocycles. The van der Waals surface area contributed by atoms with Crippen LogP contribution in [-0.4, -0.2) is 30.4 Å². The molecule has 0 bridgehead atoms. The molecule has 9 heteroatoms. The molecule has 7 nitrogen and oxygen atoms in total. The van der Waals surface area contributed by atoms with Crippen LogP contribution in [0.25, 0.3) is 6.08 Å². The Morgan fingerprint density at radius 1 is 1.03 bits per heavy atom. The number of rotatable bonds is 7. The molecule has 4 rings (SSSR count). The Labute approximate surface area is 199 Å². The molecule has 34 heavy (non-hydrogen) atoms. The van der Waals surface area contributed by atoms with Gasteiger partial charge in [-0.25, -0.2) is 9.38 Å². The average Bonchev–Trinajstić information content (AvgIpc) is 3.18. The van der Waals surface area contributed by atoms with E-state index in [1.54, 1.807) is 42.5 Å². The van der Waals surface area contributed by atoms with E-state index in [9.17, 15) is 14.3 Å². The summed E-state index contributed by atoms with van der Waals surface area (Å²) in [6.07, 6.45) is 1.70. The largest absolute Gasteiger partial charge is 0.508 e. The summed E-state index contributed by atoms with van der Waals surface area (Å²) in [5.41, 5.74) is 2.07. The SMILES string of the molecule is COc1cc(/C=C2/SC(=Nc3ccc(O)cc3)NC2=O)cc(OC)c1OCc1ccc(F)cc1. The van der Waals surface area contributed by atoms with Crippen LogP contribution in [-0.2, 0) is 11.4 Å². The molecule has 1 fully saturated rings. The Kier molecular flexibility index (Phi) is 7.03. The minimum atomic E-state index is -0.318. The highest BCUT2D eigenvalue weighted by atomic mass is 32.2. The van der Waals surface area contributed by atoms with E-state index in [-0.39, 0.29) is 24.1 Å². The summed E-state index contributed by atoms with van der Waals surface area (Å²) in [6, 6.07) is 15.8. The smallest absolute Gasteiger partial charge is 0.264 e. The normalized spacial score (nSPS) is 15.4. The molecule has 0 aliphatic carbocycles. The van der Waals surface area contributed by atoms with Crippen LogP contribution in [0.4, 0.5) is 10.1 Å². The van der Waals surface area contributed by atoms with Crippen LogP contribution in [0.3, 0.4) is 0 Å². The zero-order valence-electron chi connectivity index (χ0n) is 18.4. The number of halogens is 1. The Morgan fingerprint density at radius 2 is 1.68 bits per heavy atom. The number of amidine groups is 1. The standard InChI is InChI=1S/C25H21FN2O5S/c1-31-20-11-16(12-21(32-2)23(20)33-14-15-3-5-17(26)6-4-15)13-22-24(30)28-25(34-22)27-18-7-9-19(29)10-8-18/h3-13,29H,14H2,1-2H3,(H,27,28,30)/b22-13+. The first kappa shape index (κ1) is 23.2. The number of nitrogens with zero attached hydrogens (tertiary/aromatic N) is 1. The number of methoxy groups -OCH3 is 2. The highest BCUT2D eigenvalue weighted by Gasteiger charge is 2.24. The molecule has 1 saturated heterocycles. The monoisotopic (exact) mass is 480 g/mol. The molecule has 0 radical (unpaired) electrons. The minimum absolute atomic E-state index is 0.139. The number of hydrogen-bond acceptors (Lipinski definition) is 7. The molecule has 0 aromatic heterocycles. The van der Waals surface area contributed by atoms with Crippen molar-refractivity contribution < 1.29 is 28.5 Å². The maximum atomic E-state index is 13.1. The lowest BCUT2D eigenvalue weighted by atomic mass is 10.1. The fourth-order valence-electron chi connectivity index (χ4n) is 3.14. The Balaban J connectivity index is 1.56. The lowest BCUT2D eigenvalue weighted by Crippen LogP contribution is -2.19. The third-order valence-electron chi connectivity index (χ3n) is 4.81. The van der Waals surface area contributed by atoms with Gasteiger partial charge in [0.25, 0.3) is 5.91 Å². The molecular formula is C25H21FN2O5S. The van der Waals surface area contributed by atoms with Gasteiger partial charge in [-0.1, -0.05) is 12.1 Å². The Bertz CT molecular complexity index is 1230. The van der Waals surface area contributed by atoms with E-state index in [2.05, 4.69) is 10.3 Å². The van der Waals surface area contributed by atoms with Crippen LogP contribution in [0, 0.1) is 5.82 Å².